The van der Waals surface area contributed by atoms with Crippen LogP contribution < -0.4 is 5.73 Å². The Morgan fingerprint density at radius 2 is 2.05 bits per heavy atom. The molecule has 2 N–H and O–H groups in total. The first-order valence-electron chi connectivity index (χ1n) is 7.75. The van der Waals surface area contributed by atoms with E-state index in [1.807, 2.05) is 12.3 Å². The molecule has 1 aliphatic carbocycles. The van der Waals surface area contributed by atoms with Crippen LogP contribution in [0, 0.1) is 5.92 Å². The number of hydrogen-bond acceptors (Lipinski definition) is 3. The van der Waals surface area contributed by atoms with Crippen LogP contribution in [0.15, 0.2) is 18.3 Å². The molecule has 3 rings (SSSR count). The number of nitrogens with zero attached hydrogens (tertiary/aromatic N) is 2. The maximum absolute atomic E-state index is 5.81. The summed E-state index contributed by atoms with van der Waals surface area (Å²) in [6.07, 6.45) is 10.3. The monoisotopic (exact) mass is 259 g/mol. The van der Waals surface area contributed by atoms with E-state index in [4.69, 9.17) is 5.73 Å². The summed E-state index contributed by atoms with van der Waals surface area (Å²) in [7, 11) is 0. The molecular formula is C16H25N3. The van der Waals surface area contributed by atoms with Gasteiger partial charge in [-0.25, -0.2) is 0 Å². The summed E-state index contributed by atoms with van der Waals surface area (Å²) in [5.74, 6) is 0.945. The van der Waals surface area contributed by atoms with Gasteiger partial charge in [-0.1, -0.05) is 18.9 Å². The molecule has 0 radical (unpaired) electrons. The van der Waals surface area contributed by atoms with E-state index in [1.54, 1.807) is 0 Å². The molecule has 0 aromatic carbocycles. The lowest BCUT2D eigenvalue weighted by Crippen LogP contribution is -2.46. The van der Waals surface area contributed by atoms with Crippen molar-refractivity contribution in [2.24, 2.45) is 11.7 Å². The van der Waals surface area contributed by atoms with Crippen molar-refractivity contribution in [3.63, 3.8) is 0 Å². The maximum Gasteiger partial charge on any atom is 0.0584 e. The molecular weight excluding hydrogens is 234 g/mol. The van der Waals surface area contributed by atoms with E-state index < -0.39 is 0 Å². The standard InChI is InChI=1S/C16H25N3/c17-11-15-14(6-3-9-18-15)12-19-10-4-7-13-5-1-2-8-16(13)19/h3,6,9,13,16H,1-2,4-5,7-8,10-12,17H2/t13-,16-/m1/s1. The number of likely N-dealkylation sites (tertiary alicyclic amines) is 1. The van der Waals surface area contributed by atoms with Gasteiger partial charge in [-0.2, -0.15) is 0 Å². The average Bonchev–Trinajstić information content (AvgIpc) is 2.48. The number of piperidine rings is 1. The summed E-state index contributed by atoms with van der Waals surface area (Å²) < 4.78 is 0. The molecule has 1 saturated heterocycles. The SMILES string of the molecule is NCc1ncccc1CN1CCC[C@H]2CCCC[C@H]21. The Kier molecular flexibility index (Phi) is 4.14. The van der Waals surface area contributed by atoms with Crippen molar-refractivity contribution in [3.05, 3.63) is 29.6 Å². The molecule has 0 unspecified atom stereocenters. The van der Waals surface area contributed by atoms with Gasteiger partial charge in [0, 0.05) is 25.3 Å². The third kappa shape index (κ3) is 2.82. The van der Waals surface area contributed by atoms with Gasteiger partial charge >= 0.3 is 0 Å². The van der Waals surface area contributed by atoms with Gasteiger partial charge in [-0.15, -0.1) is 0 Å². The molecule has 0 spiro atoms. The predicted octanol–water partition coefficient (Wildman–Crippen LogP) is 2.69. The lowest BCUT2D eigenvalue weighted by molar-refractivity contribution is 0.0544. The van der Waals surface area contributed by atoms with Crippen LogP contribution in [0.5, 0.6) is 0 Å². The van der Waals surface area contributed by atoms with Crippen LogP contribution in [0.2, 0.25) is 0 Å². The van der Waals surface area contributed by atoms with Gasteiger partial charge in [0.15, 0.2) is 0 Å². The Balaban J connectivity index is 1.74. The minimum atomic E-state index is 0.554. The van der Waals surface area contributed by atoms with Crippen molar-refractivity contribution in [1.82, 2.24) is 9.88 Å². The number of hydrogen-bond donors (Lipinski definition) is 1. The Labute approximate surface area is 116 Å². The van der Waals surface area contributed by atoms with Gasteiger partial charge in [0.25, 0.3) is 0 Å². The van der Waals surface area contributed by atoms with E-state index in [-0.39, 0.29) is 0 Å². The second kappa shape index (κ2) is 6.02. The largest absolute Gasteiger partial charge is 0.325 e. The van der Waals surface area contributed by atoms with Gasteiger partial charge in [-0.05, 0) is 49.8 Å². The van der Waals surface area contributed by atoms with Crippen LogP contribution in [0.4, 0.5) is 0 Å². The van der Waals surface area contributed by atoms with Crippen LogP contribution >= 0.6 is 0 Å². The van der Waals surface area contributed by atoms with Gasteiger partial charge in [-0.3, -0.25) is 9.88 Å². The fourth-order valence-electron chi connectivity index (χ4n) is 3.94. The van der Waals surface area contributed by atoms with Crippen molar-refractivity contribution in [1.29, 1.82) is 0 Å². The highest BCUT2D eigenvalue weighted by atomic mass is 15.2. The zero-order valence-electron chi connectivity index (χ0n) is 11.7. The number of aromatic nitrogens is 1. The predicted molar refractivity (Wildman–Crippen MR) is 77.5 cm³/mol. The number of fused-ring (bicyclic) bond motifs is 1. The molecule has 2 atom stereocenters. The van der Waals surface area contributed by atoms with Crippen LogP contribution in [0.25, 0.3) is 0 Å². The number of nitrogens with two attached hydrogens (primary N) is 1. The molecule has 1 aliphatic heterocycles. The fourth-order valence-corrected chi connectivity index (χ4v) is 3.94. The highest BCUT2D eigenvalue weighted by Crippen LogP contribution is 2.36. The lowest BCUT2D eigenvalue weighted by atomic mass is 9.78. The van der Waals surface area contributed by atoms with Crippen LogP contribution in [0.1, 0.15) is 49.8 Å². The fraction of sp³-hybridized carbons (Fsp3) is 0.688. The molecule has 19 heavy (non-hydrogen) atoms. The van der Waals surface area contributed by atoms with Gasteiger partial charge in [0.05, 0.1) is 5.69 Å². The molecule has 2 aliphatic rings. The Morgan fingerprint density at radius 3 is 2.95 bits per heavy atom. The normalized spacial score (nSPS) is 28.1. The Hall–Kier alpha value is -0.930. The number of rotatable bonds is 3. The topological polar surface area (TPSA) is 42.1 Å². The minimum Gasteiger partial charge on any atom is -0.325 e. The van der Waals surface area contributed by atoms with Crippen LogP contribution in [-0.4, -0.2) is 22.5 Å². The molecule has 1 aromatic rings. The lowest BCUT2D eigenvalue weighted by Gasteiger charge is -2.44. The van der Waals surface area contributed by atoms with Crippen molar-refractivity contribution in [3.8, 4) is 0 Å². The molecule has 104 valence electrons. The summed E-state index contributed by atoms with van der Waals surface area (Å²) in [6, 6.07) is 5.05. The Morgan fingerprint density at radius 1 is 1.21 bits per heavy atom. The van der Waals surface area contributed by atoms with Crippen LogP contribution in [-0.2, 0) is 13.1 Å². The molecule has 3 nitrogen and oxygen atoms in total. The van der Waals surface area contributed by atoms with Crippen molar-refractivity contribution < 1.29 is 0 Å². The summed E-state index contributed by atoms with van der Waals surface area (Å²) in [5.41, 5.74) is 8.21. The van der Waals surface area contributed by atoms with Gasteiger partial charge < -0.3 is 5.73 Å². The number of pyridine rings is 1. The molecule has 2 heterocycles. The summed E-state index contributed by atoms with van der Waals surface area (Å²) in [4.78, 5) is 7.11. The molecule has 0 amide bonds. The molecule has 1 saturated carbocycles. The second-order valence-electron chi connectivity index (χ2n) is 6.04. The molecule has 1 aromatic heterocycles. The maximum atomic E-state index is 5.81. The molecule has 3 heteroatoms. The molecule has 0 bridgehead atoms. The third-order valence-electron chi connectivity index (χ3n) is 4.91. The third-order valence-corrected chi connectivity index (χ3v) is 4.91. The van der Waals surface area contributed by atoms with E-state index in [1.165, 1.54) is 50.6 Å². The van der Waals surface area contributed by atoms with E-state index in [0.29, 0.717) is 6.54 Å². The van der Waals surface area contributed by atoms with E-state index >= 15 is 0 Å². The summed E-state index contributed by atoms with van der Waals surface area (Å²) in [6.45, 7) is 2.85. The highest BCUT2D eigenvalue weighted by molar-refractivity contribution is 5.19. The second-order valence-corrected chi connectivity index (χ2v) is 6.04. The molecule has 2 fully saturated rings. The van der Waals surface area contributed by atoms with E-state index in [0.717, 1.165) is 24.2 Å². The van der Waals surface area contributed by atoms with Crippen molar-refractivity contribution >= 4 is 0 Å². The summed E-state index contributed by atoms with van der Waals surface area (Å²) in [5, 5.41) is 0. The van der Waals surface area contributed by atoms with Crippen molar-refractivity contribution in [2.75, 3.05) is 6.54 Å². The summed E-state index contributed by atoms with van der Waals surface area (Å²) >= 11 is 0. The first-order chi connectivity index (χ1) is 9.38. The van der Waals surface area contributed by atoms with E-state index in [9.17, 15) is 0 Å². The Bertz CT molecular complexity index is 416. The minimum absolute atomic E-state index is 0.554. The highest BCUT2D eigenvalue weighted by Gasteiger charge is 2.33. The zero-order chi connectivity index (χ0) is 13.1. The van der Waals surface area contributed by atoms with E-state index in [2.05, 4.69) is 16.0 Å². The van der Waals surface area contributed by atoms with Crippen LogP contribution in [0.3, 0.4) is 0 Å². The average molecular weight is 259 g/mol. The first kappa shape index (κ1) is 13.1. The first-order valence-corrected chi connectivity index (χ1v) is 7.75. The quantitative estimate of drug-likeness (QED) is 0.907. The van der Waals surface area contributed by atoms with Crippen molar-refractivity contribution in [2.45, 2.75) is 57.7 Å². The smallest absolute Gasteiger partial charge is 0.0584 e. The zero-order valence-corrected chi connectivity index (χ0v) is 11.7. The van der Waals surface area contributed by atoms with Gasteiger partial charge in [0.2, 0.25) is 0 Å². The van der Waals surface area contributed by atoms with Gasteiger partial charge in [0.1, 0.15) is 0 Å².